The molecule has 0 spiro atoms. The van der Waals surface area contributed by atoms with E-state index >= 15 is 0 Å². The van der Waals surface area contributed by atoms with Crippen LogP contribution in [0.5, 0.6) is 0 Å². The Bertz CT molecular complexity index is 837. The van der Waals surface area contributed by atoms with Gasteiger partial charge < -0.3 is 15.1 Å². The summed E-state index contributed by atoms with van der Waals surface area (Å²) in [6.07, 6.45) is 6.11. The molecule has 1 unspecified atom stereocenters. The molecule has 2 aliphatic heterocycles. The van der Waals surface area contributed by atoms with Crippen molar-refractivity contribution < 1.29 is 0 Å². The number of nitrogens with zero attached hydrogens (tertiary/aromatic N) is 6. The van der Waals surface area contributed by atoms with Gasteiger partial charge in [-0.1, -0.05) is 23.7 Å². The number of guanidine groups is 1. The number of halogens is 2. The summed E-state index contributed by atoms with van der Waals surface area (Å²) in [5.41, 5.74) is 1.26. The largest absolute Gasteiger partial charge is 0.354 e. The van der Waals surface area contributed by atoms with Crippen LogP contribution < -0.4 is 10.2 Å². The summed E-state index contributed by atoms with van der Waals surface area (Å²) in [5, 5.41) is 4.42. The topological polar surface area (TPSA) is 59.9 Å². The van der Waals surface area contributed by atoms with E-state index in [9.17, 15) is 0 Å². The SMILES string of the molecule is CN=C(NCC(c1cccc(Cl)c1)N1CCCC1)N1CCN(c2ncccn2)CC1.I. The highest BCUT2D eigenvalue weighted by molar-refractivity contribution is 14.0. The molecule has 1 atom stereocenters. The van der Waals surface area contributed by atoms with Crippen molar-refractivity contribution in [3.63, 3.8) is 0 Å². The molecule has 7 nitrogen and oxygen atoms in total. The molecule has 31 heavy (non-hydrogen) atoms. The number of aliphatic imine (C=N–C) groups is 1. The van der Waals surface area contributed by atoms with Crippen LogP contribution in [0, 0.1) is 0 Å². The molecular weight excluding hydrogens is 525 g/mol. The number of aromatic nitrogens is 2. The van der Waals surface area contributed by atoms with Gasteiger partial charge in [0.15, 0.2) is 5.96 Å². The van der Waals surface area contributed by atoms with Crippen molar-refractivity contribution in [1.29, 1.82) is 0 Å². The van der Waals surface area contributed by atoms with Crippen LogP contribution in [0.4, 0.5) is 5.95 Å². The molecule has 1 aromatic carbocycles. The summed E-state index contributed by atoms with van der Waals surface area (Å²) >= 11 is 6.29. The molecule has 0 aliphatic carbocycles. The lowest BCUT2D eigenvalue weighted by atomic mass is 10.1. The molecule has 2 fully saturated rings. The molecule has 0 radical (unpaired) electrons. The second-order valence-electron chi connectivity index (χ2n) is 7.76. The monoisotopic (exact) mass is 555 g/mol. The van der Waals surface area contributed by atoms with Gasteiger partial charge in [-0.15, -0.1) is 24.0 Å². The average Bonchev–Trinajstić information content (AvgIpc) is 3.32. The smallest absolute Gasteiger partial charge is 0.225 e. The molecule has 1 N–H and O–H groups in total. The number of anilines is 1. The molecule has 2 aromatic rings. The van der Waals surface area contributed by atoms with Crippen molar-refractivity contribution in [1.82, 2.24) is 25.1 Å². The van der Waals surface area contributed by atoms with Gasteiger partial charge in [-0.05, 0) is 49.7 Å². The van der Waals surface area contributed by atoms with Crippen molar-refractivity contribution in [2.24, 2.45) is 4.99 Å². The summed E-state index contributed by atoms with van der Waals surface area (Å²) in [7, 11) is 1.86. The first-order valence-corrected chi connectivity index (χ1v) is 11.1. The molecule has 3 heterocycles. The fraction of sp³-hybridized carbons (Fsp3) is 0.500. The highest BCUT2D eigenvalue weighted by atomic mass is 127. The van der Waals surface area contributed by atoms with Gasteiger partial charge in [0.1, 0.15) is 0 Å². The second kappa shape index (κ2) is 11.8. The predicted octanol–water partition coefficient (Wildman–Crippen LogP) is 3.28. The maximum atomic E-state index is 6.29. The van der Waals surface area contributed by atoms with E-state index in [0.29, 0.717) is 6.04 Å². The minimum Gasteiger partial charge on any atom is -0.354 e. The summed E-state index contributed by atoms with van der Waals surface area (Å²) < 4.78 is 0. The van der Waals surface area contributed by atoms with Crippen molar-refractivity contribution in [3.8, 4) is 0 Å². The lowest BCUT2D eigenvalue weighted by Crippen LogP contribution is -2.53. The van der Waals surface area contributed by atoms with Crippen LogP contribution in [0.3, 0.4) is 0 Å². The summed E-state index contributed by atoms with van der Waals surface area (Å²) in [5.74, 6) is 1.75. The first kappa shape index (κ1) is 24.0. The van der Waals surface area contributed by atoms with Gasteiger partial charge in [0.2, 0.25) is 5.95 Å². The number of likely N-dealkylation sites (tertiary alicyclic amines) is 1. The van der Waals surface area contributed by atoms with E-state index in [1.54, 1.807) is 12.4 Å². The van der Waals surface area contributed by atoms with Gasteiger partial charge in [0, 0.05) is 57.2 Å². The van der Waals surface area contributed by atoms with Gasteiger partial charge in [-0.3, -0.25) is 9.89 Å². The Morgan fingerprint density at radius 1 is 1.06 bits per heavy atom. The Labute approximate surface area is 206 Å². The molecule has 2 saturated heterocycles. The Kier molecular flexibility index (Phi) is 9.15. The maximum Gasteiger partial charge on any atom is 0.225 e. The Morgan fingerprint density at radius 2 is 1.77 bits per heavy atom. The zero-order valence-corrected chi connectivity index (χ0v) is 21.0. The van der Waals surface area contributed by atoms with Gasteiger partial charge in [0.05, 0.1) is 6.04 Å². The first-order valence-electron chi connectivity index (χ1n) is 10.7. The summed E-state index contributed by atoms with van der Waals surface area (Å²) in [6.45, 7) is 6.63. The molecule has 1 aromatic heterocycles. The highest BCUT2D eigenvalue weighted by Crippen LogP contribution is 2.26. The van der Waals surface area contributed by atoms with E-state index in [-0.39, 0.29) is 24.0 Å². The standard InChI is InChI=1S/C22H30ClN7.HI/c1-24-21(29-12-14-30(15-13-29)22-25-8-5-9-26-22)27-17-20(28-10-2-3-11-28)18-6-4-7-19(23)16-18;/h4-9,16,20H,2-3,10-15,17H2,1H3,(H,24,27);1H. The summed E-state index contributed by atoms with van der Waals surface area (Å²) in [4.78, 5) is 20.4. The van der Waals surface area contributed by atoms with Gasteiger partial charge in [-0.25, -0.2) is 9.97 Å². The quantitative estimate of drug-likeness (QED) is 0.347. The van der Waals surface area contributed by atoms with Crippen LogP contribution in [0.2, 0.25) is 5.02 Å². The van der Waals surface area contributed by atoms with E-state index in [2.05, 4.69) is 47.1 Å². The lowest BCUT2D eigenvalue weighted by Gasteiger charge is -2.37. The molecular formula is C22H31ClIN7. The number of nitrogens with one attached hydrogen (secondary N) is 1. The third-order valence-electron chi connectivity index (χ3n) is 5.89. The van der Waals surface area contributed by atoms with Crippen LogP contribution in [-0.4, -0.2) is 78.6 Å². The number of piperazine rings is 1. The number of rotatable bonds is 5. The maximum absolute atomic E-state index is 6.29. The van der Waals surface area contributed by atoms with Crippen molar-refractivity contribution in [2.45, 2.75) is 18.9 Å². The van der Waals surface area contributed by atoms with E-state index < -0.39 is 0 Å². The molecule has 4 rings (SSSR count). The average molecular weight is 556 g/mol. The van der Waals surface area contributed by atoms with Gasteiger partial charge in [-0.2, -0.15) is 0 Å². The summed E-state index contributed by atoms with van der Waals surface area (Å²) in [6, 6.07) is 10.4. The molecule has 0 amide bonds. The van der Waals surface area contributed by atoms with E-state index in [1.807, 2.05) is 25.2 Å². The van der Waals surface area contributed by atoms with Crippen LogP contribution in [0.1, 0.15) is 24.4 Å². The highest BCUT2D eigenvalue weighted by Gasteiger charge is 2.26. The minimum absolute atomic E-state index is 0. The Balaban J connectivity index is 0.00000272. The second-order valence-corrected chi connectivity index (χ2v) is 8.20. The third-order valence-corrected chi connectivity index (χ3v) is 6.13. The van der Waals surface area contributed by atoms with Crippen LogP contribution >= 0.6 is 35.6 Å². The minimum atomic E-state index is 0. The van der Waals surface area contributed by atoms with Crippen molar-refractivity contribution >= 4 is 47.5 Å². The molecule has 0 saturated carbocycles. The van der Waals surface area contributed by atoms with E-state index in [0.717, 1.165) is 62.7 Å². The lowest BCUT2D eigenvalue weighted by molar-refractivity contribution is 0.243. The molecule has 2 aliphatic rings. The Hall–Kier alpha value is -1.65. The molecule has 168 valence electrons. The Morgan fingerprint density at radius 3 is 2.42 bits per heavy atom. The van der Waals surface area contributed by atoms with E-state index in [1.165, 1.54) is 18.4 Å². The van der Waals surface area contributed by atoms with Crippen LogP contribution in [0.15, 0.2) is 47.7 Å². The molecule has 0 bridgehead atoms. The van der Waals surface area contributed by atoms with Gasteiger partial charge in [0.25, 0.3) is 0 Å². The van der Waals surface area contributed by atoms with Crippen molar-refractivity contribution in [3.05, 3.63) is 53.3 Å². The van der Waals surface area contributed by atoms with Crippen LogP contribution in [-0.2, 0) is 0 Å². The van der Waals surface area contributed by atoms with Gasteiger partial charge >= 0.3 is 0 Å². The van der Waals surface area contributed by atoms with Crippen molar-refractivity contribution in [2.75, 3.05) is 57.8 Å². The molecule has 9 heteroatoms. The number of benzene rings is 1. The number of hydrogen-bond acceptors (Lipinski definition) is 5. The zero-order valence-electron chi connectivity index (χ0n) is 18.0. The predicted molar refractivity (Wildman–Crippen MR) is 138 cm³/mol. The number of hydrogen-bond donors (Lipinski definition) is 1. The third kappa shape index (κ3) is 6.20. The van der Waals surface area contributed by atoms with Crippen LogP contribution in [0.25, 0.3) is 0 Å². The fourth-order valence-electron chi connectivity index (χ4n) is 4.32. The normalized spacial score (nSPS) is 18.6. The fourth-order valence-corrected chi connectivity index (χ4v) is 4.52. The van der Waals surface area contributed by atoms with E-state index in [4.69, 9.17) is 11.6 Å². The zero-order chi connectivity index (χ0) is 20.8. The first-order chi connectivity index (χ1) is 14.7.